The summed E-state index contributed by atoms with van der Waals surface area (Å²) >= 11 is 0. The summed E-state index contributed by atoms with van der Waals surface area (Å²) in [6.45, 7) is -0.431. The Balaban J connectivity index is 2.45. The van der Waals surface area contributed by atoms with Gasteiger partial charge in [0.05, 0.1) is 6.26 Å². The first kappa shape index (κ1) is 8.32. The minimum absolute atomic E-state index is 0.0521. The fourth-order valence-corrected chi connectivity index (χ4v) is 0.603. The third kappa shape index (κ3) is 2.12. The van der Waals surface area contributed by atoms with Crippen LogP contribution in [-0.4, -0.2) is 18.5 Å². The molecule has 5 heteroatoms. The molecule has 0 atom stereocenters. The zero-order valence-electron chi connectivity index (χ0n) is 6.15. The molecule has 1 aromatic heterocycles. The Morgan fingerprint density at radius 3 is 2.83 bits per heavy atom. The van der Waals surface area contributed by atoms with Crippen LogP contribution in [0.5, 0.6) is 0 Å². The van der Waals surface area contributed by atoms with Crippen LogP contribution in [0.4, 0.5) is 0 Å². The summed E-state index contributed by atoms with van der Waals surface area (Å²) in [5.74, 6) is -1.34. The van der Waals surface area contributed by atoms with E-state index < -0.39 is 18.5 Å². The number of hydrogen-bond acceptors (Lipinski definition) is 4. The second kappa shape index (κ2) is 3.56. The molecule has 0 bridgehead atoms. The molecule has 1 amide bonds. The van der Waals surface area contributed by atoms with E-state index in [-0.39, 0.29) is 5.76 Å². The van der Waals surface area contributed by atoms with Gasteiger partial charge < -0.3 is 14.9 Å². The van der Waals surface area contributed by atoms with E-state index in [0.717, 1.165) is 0 Å². The van der Waals surface area contributed by atoms with Crippen LogP contribution in [0, 0.1) is 0 Å². The third-order valence-corrected chi connectivity index (χ3v) is 1.07. The number of esters is 1. The lowest BCUT2D eigenvalue weighted by molar-refractivity contribution is -0.121. The molecule has 2 N–H and O–H groups in total. The number of furan rings is 1. The molecular formula is C7H7NO4. The number of rotatable bonds is 3. The van der Waals surface area contributed by atoms with E-state index in [1.54, 1.807) is 6.07 Å². The molecular weight excluding hydrogens is 162 g/mol. The monoisotopic (exact) mass is 169 g/mol. The lowest BCUT2D eigenvalue weighted by Crippen LogP contribution is -2.20. The highest BCUT2D eigenvalue weighted by Gasteiger charge is 2.10. The van der Waals surface area contributed by atoms with Gasteiger partial charge in [0.1, 0.15) is 0 Å². The van der Waals surface area contributed by atoms with Gasteiger partial charge in [0.25, 0.3) is 5.91 Å². The van der Waals surface area contributed by atoms with E-state index in [2.05, 4.69) is 4.74 Å². The number of carbonyl (C=O) groups is 2. The average Bonchev–Trinajstić information content (AvgIpc) is 2.51. The number of amides is 1. The topological polar surface area (TPSA) is 82.5 Å². The van der Waals surface area contributed by atoms with Crippen LogP contribution in [-0.2, 0) is 9.53 Å². The van der Waals surface area contributed by atoms with Gasteiger partial charge in [-0.05, 0) is 12.1 Å². The molecule has 1 rings (SSSR count). The first-order valence-electron chi connectivity index (χ1n) is 3.19. The number of primary amides is 1. The molecule has 0 saturated carbocycles. The Hall–Kier alpha value is -1.78. The van der Waals surface area contributed by atoms with Crippen molar-refractivity contribution in [3.05, 3.63) is 24.2 Å². The maximum Gasteiger partial charge on any atom is 0.374 e. The fraction of sp³-hybridized carbons (Fsp3) is 0.143. The zero-order chi connectivity index (χ0) is 8.97. The smallest absolute Gasteiger partial charge is 0.374 e. The average molecular weight is 169 g/mol. The highest BCUT2D eigenvalue weighted by Crippen LogP contribution is 2.01. The van der Waals surface area contributed by atoms with Crippen molar-refractivity contribution in [3.63, 3.8) is 0 Å². The number of nitrogens with two attached hydrogens (primary N) is 1. The van der Waals surface area contributed by atoms with Crippen LogP contribution in [0.2, 0.25) is 0 Å². The maximum absolute atomic E-state index is 10.9. The number of carbonyl (C=O) groups excluding carboxylic acids is 2. The summed E-state index contributed by atoms with van der Waals surface area (Å²) in [4.78, 5) is 21.1. The van der Waals surface area contributed by atoms with E-state index in [9.17, 15) is 9.59 Å². The van der Waals surface area contributed by atoms with Crippen molar-refractivity contribution in [1.29, 1.82) is 0 Å². The Labute approximate surface area is 68.1 Å². The molecule has 0 saturated heterocycles. The van der Waals surface area contributed by atoms with Gasteiger partial charge in [-0.3, -0.25) is 4.79 Å². The Bertz CT molecular complexity index is 278. The van der Waals surface area contributed by atoms with Gasteiger partial charge >= 0.3 is 5.97 Å². The van der Waals surface area contributed by atoms with Crippen molar-refractivity contribution in [3.8, 4) is 0 Å². The van der Waals surface area contributed by atoms with Gasteiger partial charge in [0, 0.05) is 0 Å². The van der Waals surface area contributed by atoms with Crippen LogP contribution in [0.3, 0.4) is 0 Å². The maximum atomic E-state index is 10.9. The highest BCUT2D eigenvalue weighted by molar-refractivity contribution is 5.88. The summed E-state index contributed by atoms with van der Waals surface area (Å²) in [7, 11) is 0. The molecule has 1 heterocycles. The van der Waals surface area contributed by atoms with Gasteiger partial charge in [-0.25, -0.2) is 4.79 Å². The second-order valence-electron chi connectivity index (χ2n) is 2.02. The first-order valence-corrected chi connectivity index (χ1v) is 3.19. The third-order valence-electron chi connectivity index (χ3n) is 1.07. The molecule has 64 valence electrons. The van der Waals surface area contributed by atoms with Gasteiger partial charge in [-0.1, -0.05) is 0 Å². The highest BCUT2D eigenvalue weighted by atomic mass is 16.5. The standard InChI is InChI=1S/C7H7NO4/c8-6(9)4-12-7(10)5-2-1-3-11-5/h1-3H,4H2,(H2,8,9). The van der Waals surface area contributed by atoms with E-state index in [1.807, 2.05) is 0 Å². The fourth-order valence-electron chi connectivity index (χ4n) is 0.603. The molecule has 0 unspecified atom stereocenters. The van der Waals surface area contributed by atoms with Gasteiger partial charge in [-0.2, -0.15) is 0 Å². The van der Waals surface area contributed by atoms with Gasteiger partial charge in [0.15, 0.2) is 6.61 Å². The summed E-state index contributed by atoms with van der Waals surface area (Å²) in [5, 5.41) is 0. The lowest BCUT2D eigenvalue weighted by Gasteiger charge is -1.97. The van der Waals surface area contributed by atoms with E-state index in [1.165, 1.54) is 12.3 Å². The van der Waals surface area contributed by atoms with Crippen molar-refractivity contribution in [2.24, 2.45) is 5.73 Å². The molecule has 0 spiro atoms. The van der Waals surface area contributed by atoms with Gasteiger partial charge in [0.2, 0.25) is 5.76 Å². The summed E-state index contributed by atoms with van der Waals surface area (Å²) < 4.78 is 9.14. The van der Waals surface area contributed by atoms with E-state index in [0.29, 0.717) is 0 Å². The lowest BCUT2D eigenvalue weighted by atomic mass is 10.5. The summed E-state index contributed by atoms with van der Waals surface area (Å²) in [6.07, 6.45) is 1.33. The Morgan fingerprint density at radius 2 is 2.33 bits per heavy atom. The minimum atomic E-state index is -0.699. The van der Waals surface area contributed by atoms with E-state index in [4.69, 9.17) is 10.2 Å². The first-order chi connectivity index (χ1) is 5.70. The molecule has 0 aliphatic heterocycles. The normalized spacial score (nSPS) is 9.33. The molecule has 0 radical (unpaired) electrons. The van der Waals surface area contributed by atoms with Crippen molar-refractivity contribution in [2.45, 2.75) is 0 Å². The minimum Gasteiger partial charge on any atom is -0.457 e. The van der Waals surface area contributed by atoms with E-state index >= 15 is 0 Å². The van der Waals surface area contributed by atoms with Crippen molar-refractivity contribution in [1.82, 2.24) is 0 Å². The Morgan fingerprint density at radius 1 is 1.58 bits per heavy atom. The van der Waals surface area contributed by atoms with Crippen LogP contribution in [0.25, 0.3) is 0 Å². The predicted molar refractivity (Wildman–Crippen MR) is 38.2 cm³/mol. The predicted octanol–water partition coefficient (Wildman–Crippen LogP) is -0.0783. The van der Waals surface area contributed by atoms with Crippen LogP contribution < -0.4 is 5.73 Å². The van der Waals surface area contributed by atoms with Crippen LogP contribution in [0.15, 0.2) is 22.8 Å². The molecule has 5 nitrogen and oxygen atoms in total. The summed E-state index contributed by atoms with van der Waals surface area (Å²) in [5.41, 5.74) is 4.75. The van der Waals surface area contributed by atoms with Crippen LogP contribution in [0.1, 0.15) is 10.6 Å². The van der Waals surface area contributed by atoms with Crippen LogP contribution >= 0.6 is 0 Å². The molecule has 0 aliphatic rings. The Kier molecular flexibility index (Phi) is 2.47. The second-order valence-corrected chi connectivity index (χ2v) is 2.02. The number of ether oxygens (including phenoxy) is 1. The quantitative estimate of drug-likeness (QED) is 0.641. The molecule has 0 aromatic carbocycles. The molecule has 1 aromatic rings. The van der Waals surface area contributed by atoms with Crippen molar-refractivity contribution >= 4 is 11.9 Å². The molecule has 0 fully saturated rings. The van der Waals surface area contributed by atoms with Crippen molar-refractivity contribution < 1.29 is 18.7 Å². The number of hydrogen-bond donors (Lipinski definition) is 1. The van der Waals surface area contributed by atoms with Gasteiger partial charge in [-0.15, -0.1) is 0 Å². The largest absolute Gasteiger partial charge is 0.457 e. The zero-order valence-corrected chi connectivity index (χ0v) is 6.15. The summed E-state index contributed by atoms with van der Waals surface area (Å²) in [6, 6.07) is 2.98. The molecule has 0 aliphatic carbocycles. The SMILES string of the molecule is NC(=O)COC(=O)c1ccco1. The van der Waals surface area contributed by atoms with Crippen molar-refractivity contribution in [2.75, 3.05) is 6.61 Å². The molecule has 12 heavy (non-hydrogen) atoms.